The number of pyridine rings is 1. The number of esters is 1. The van der Waals surface area contributed by atoms with E-state index in [-0.39, 0.29) is 29.8 Å². The van der Waals surface area contributed by atoms with Gasteiger partial charge in [0, 0.05) is 12.3 Å². The van der Waals surface area contributed by atoms with Crippen LogP contribution in [0.5, 0.6) is 11.5 Å². The monoisotopic (exact) mass is 442 g/mol. The first-order chi connectivity index (χ1) is 14.2. The first kappa shape index (κ1) is 23.3. The van der Waals surface area contributed by atoms with Gasteiger partial charge in [-0.05, 0) is 31.0 Å². The van der Waals surface area contributed by atoms with Gasteiger partial charge in [0.2, 0.25) is 5.91 Å². The highest BCUT2D eigenvalue weighted by molar-refractivity contribution is 6.29. The molecule has 2 rings (SSSR count). The summed E-state index contributed by atoms with van der Waals surface area (Å²) in [6, 6.07) is 2.57. The second-order valence-electron chi connectivity index (χ2n) is 6.15. The Hall–Kier alpha value is -2.94. The van der Waals surface area contributed by atoms with Crippen LogP contribution in [0.3, 0.4) is 0 Å². The number of hydrogen-bond acceptors (Lipinski definition) is 6. The number of carbonyl (C=O) groups is 2. The molecule has 1 heterocycles. The lowest BCUT2D eigenvalue weighted by atomic mass is 10.1. The molecule has 1 amide bonds. The minimum atomic E-state index is -1.12. The van der Waals surface area contributed by atoms with E-state index in [2.05, 4.69) is 4.98 Å². The van der Waals surface area contributed by atoms with Crippen molar-refractivity contribution in [2.24, 2.45) is 0 Å². The molecule has 0 bridgehead atoms. The van der Waals surface area contributed by atoms with E-state index in [0.717, 1.165) is 11.0 Å². The molecule has 0 atom stereocenters. The van der Waals surface area contributed by atoms with Crippen molar-refractivity contribution < 1.29 is 32.6 Å². The van der Waals surface area contributed by atoms with Gasteiger partial charge in [-0.15, -0.1) is 0 Å². The van der Waals surface area contributed by atoms with Crippen LogP contribution in [0.1, 0.15) is 24.5 Å². The van der Waals surface area contributed by atoms with E-state index >= 15 is 8.78 Å². The Kier molecular flexibility index (Phi) is 7.93. The van der Waals surface area contributed by atoms with Crippen molar-refractivity contribution in [3.8, 4) is 11.5 Å². The zero-order valence-electron chi connectivity index (χ0n) is 16.9. The highest BCUT2D eigenvalue weighted by Crippen LogP contribution is 2.38. The number of anilines is 1. The highest BCUT2D eigenvalue weighted by Gasteiger charge is 2.30. The summed E-state index contributed by atoms with van der Waals surface area (Å²) in [5, 5.41) is 0.223. The highest BCUT2D eigenvalue weighted by atomic mass is 35.5. The molecule has 0 spiro atoms. The quantitative estimate of drug-likeness (QED) is 0.351. The Morgan fingerprint density at radius 1 is 1.13 bits per heavy atom. The minimum Gasteiger partial charge on any atom is -0.493 e. The first-order valence-electron chi connectivity index (χ1n) is 8.90. The second-order valence-corrected chi connectivity index (χ2v) is 6.54. The van der Waals surface area contributed by atoms with Crippen molar-refractivity contribution in [2.75, 3.05) is 25.7 Å². The van der Waals surface area contributed by atoms with Gasteiger partial charge in [-0.1, -0.05) is 11.6 Å². The standard InChI is InChI=1S/C20H21ClF2N2O5/c1-5-30-17(27)8-16(26)25(10-12-9-24-15(21)6-11(12)2)20-18(22)13(28-3)7-14(29-4)19(20)23/h6-7,9H,5,8,10H2,1-4H3. The van der Waals surface area contributed by atoms with Gasteiger partial charge in [-0.3, -0.25) is 9.59 Å². The zero-order valence-corrected chi connectivity index (χ0v) is 17.7. The molecule has 0 aliphatic heterocycles. The van der Waals surface area contributed by atoms with Crippen molar-refractivity contribution in [3.63, 3.8) is 0 Å². The van der Waals surface area contributed by atoms with E-state index in [4.69, 9.17) is 25.8 Å². The molecular weight excluding hydrogens is 422 g/mol. The van der Waals surface area contributed by atoms with E-state index < -0.39 is 35.6 Å². The van der Waals surface area contributed by atoms with E-state index in [9.17, 15) is 9.59 Å². The van der Waals surface area contributed by atoms with E-state index in [0.29, 0.717) is 11.1 Å². The Labute approximate surface area is 177 Å². The van der Waals surface area contributed by atoms with Gasteiger partial charge in [-0.25, -0.2) is 13.8 Å². The third kappa shape index (κ3) is 5.15. The van der Waals surface area contributed by atoms with Crippen LogP contribution in [0.2, 0.25) is 5.15 Å². The maximum absolute atomic E-state index is 15.0. The van der Waals surface area contributed by atoms with Gasteiger partial charge in [0.1, 0.15) is 17.3 Å². The normalized spacial score (nSPS) is 10.5. The Bertz CT molecular complexity index is 927. The fourth-order valence-corrected chi connectivity index (χ4v) is 2.93. The van der Waals surface area contributed by atoms with E-state index in [1.165, 1.54) is 20.4 Å². The minimum absolute atomic E-state index is 0.0576. The number of rotatable bonds is 8. The SMILES string of the molecule is CCOC(=O)CC(=O)N(Cc1cnc(Cl)cc1C)c1c(F)c(OC)cc(OC)c1F. The number of amides is 1. The topological polar surface area (TPSA) is 78.0 Å². The van der Waals surface area contributed by atoms with Gasteiger partial charge in [0.05, 0.1) is 27.4 Å². The number of aryl methyl sites for hydroxylation is 1. The maximum atomic E-state index is 15.0. The number of hydrogen-bond donors (Lipinski definition) is 0. The molecule has 0 N–H and O–H groups in total. The number of nitrogens with zero attached hydrogens (tertiary/aromatic N) is 2. The predicted octanol–water partition coefficient (Wildman–Crippen LogP) is 3.83. The van der Waals surface area contributed by atoms with Crippen molar-refractivity contribution in [3.05, 3.63) is 46.2 Å². The number of ether oxygens (including phenoxy) is 3. The maximum Gasteiger partial charge on any atom is 0.315 e. The molecule has 0 saturated carbocycles. The molecule has 0 aliphatic carbocycles. The summed E-state index contributed by atoms with van der Waals surface area (Å²) in [4.78, 5) is 29.5. The van der Waals surface area contributed by atoms with Crippen LogP contribution in [-0.2, 0) is 20.9 Å². The summed E-state index contributed by atoms with van der Waals surface area (Å²) in [5.74, 6) is -4.60. The fourth-order valence-electron chi connectivity index (χ4n) is 2.72. The largest absolute Gasteiger partial charge is 0.493 e. The van der Waals surface area contributed by atoms with Crippen molar-refractivity contribution in [1.82, 2.24) is 4.98 Å². The molecule has 2 aromatic rings. The smallest absolute Gasteiger partial charge is 0.315 e. The number of aromatic nitrogens is 1. The fraction of sp³-hybridized carbons (Fsp3) is 0.350. The molecule has 0 saturated heterocycles. The Morgan fingerprint density at radius 3 is 2.23 bits per heavy atom. The molecule has 0 fully saturated rings. The number of methoxy groups -OCH3 is 2. The third-order valence-electron chi connectivity index (χ3n) is 4.24. The van der Waals surface area contributed by atoms with Crippen molar-refractivity contribution >= 4 is 29.2 Å². The van der Waals surface area contributed by atoms with Gasteiger partial charge < -0.3 is 19.1 Å². The number of halogens is 3. The molecule has 30 heavy (non-hydrogen) atoms. The van der Waals surface area contributed by atoms with Crippen molar-refractivity contribution in [2.45, 2.75) is 26.8 Å². The number of carbonyl (C=O) groups excluding carboxylic acids is 2. The van der Waals surface area contributed by atoms with Gasteiger partial charge in [0.25, 0.3) is 0 Å². The lowest BCUT2D eigenvalue weighted by molar-refractivity contribution is -0.145. The average molecular weight is 443 g/mol. The van der Waals surface area contributed by atoms with Crippen LogP contribution in [0, 0.1) is 18.6 Å². The molecule has 1 aromatic carbocycles. The molecule has 0 unspecified atom stereocenters. The van der Waals surface area contributed by atoms with Gasteiger partial charge in [-0.2, -0.15) is 0 Å². The third-order valence-corrected chi connectivity index (χ3v) is 4.44. The van der Waals surface area contributed by atoms with Crippen LogP contribution in [-0.4, -0.2) is 37.7 Å². The number of benzene rings is 1. The molecule has 1 aromatic heterocycles. The van der Waals surface area contributed by atoms with Crippen molar-refractivity contribution in [1.29, 1.82) is 0 Å². The van der Waals surface area contributed by atoms with Gasteiger partial charge in [0.15, 0.2) is 23.1 Å². The molecule has 7 nitrogen and oxygen atoms in total. The average Bonchev–Trinajstić information content (AvgIpc) is 2.69. The van der Waals surface area contributed by atoms with Crippen LogP contribution in [0.15, 0.2) is 18.3 Å². The van der Waals surface area contributed by atoms with Gasteiger partial charge >= 0.3 is 5.97 Å². The second kappa shape index (κ2) is 10.2. The molecule has 0 radical (unpaired) electrons. The van der Waals surface area contributed by atoms with Crippen LogP contribution >= 0.6 is 11.6 Å². The van der Waals surface area contributed by atoms with E-state index in [1.54, 1.807) is 19.9 Å². The van der Waals surface area contributed by atoms with Crippen LogP contribution < -0.4 is 14.4 Å². The summed E-state index contributed by atoms with van der Waals surface area (Å²) in [6.07, 6.45) is 0.668. The lowest BCUT2D eigenvalue weighted by Crippen LogP contribution is -2.34. The summed E-state index contributed by atoms with van der Waals surface area (Å²) in [7, 11) is 2.38. The predicted molar refractivity (Wildman–Crippen MR) is 106 cm³/mol. The summed E-state index contributed by atoms with van der Waals surface area (Å²) in [5.41, 5.74) is 0.395. The van der Waals surface area contributed by atoms with Crippen LogP contribution in [0.25, 0.3) is 0 Å². The molecule has 10 heteroatoms. The lowest BCUT2D eigenvalue weighted by Gasteiger charge is -2.25. The summed E-state index contributed by atoms with van der Waals surface area (Å²) >= 11 is 5.86. The Balaban J connectivity index is 2.61. The molecule has 162 valence electrons. The van der Waals surface area contributed by atoms with E-state index in [1.807, 2.05) is 0 Å². The summed E-state index contributed by atoms with van der Waals surface area (Å²) < 4.78 is 44.8. The zero-order chi connectivity index (χ0) is 22.4. The summed E-state index contributed by atoms with van der Waals surface area (Å²) in [6.45, 7) is 3.06. The molecule has 0 aliphatic rings. The Morgan fingerprint density at radius 2 is 1.73 bits per heavy atom. The molecular formula is C20H21ClF2N2O5. The first-order valence-corrected chi connectivity index (χ1v) is 9.28. The van der Waals surface area contributed by atoms with Crippen LogP contribution in [0.4, 0.5) is 14.5 Å².